The summed E-state index contributed by atoms with van der Waals surface area (Å²) in [6.07, 6.45) is 0. The first-order valence-electron chi connectivity index (χ1n) is 6.31. The predicted octanol–water partition coefficient (Wildman–Crippen LogP) is 1.61. The molecule has 0 fully saturated rings. The van der Waals surface area contributed by atoms with Crippen molar-refractivity contribution >= 4 is 16.7 Å². The zero-order chi connectivity index (χ0) is 14.9. The zero-order valence-corrected chi connectivity index (χ0v) is 12.0. The van der Waals surface area contributed by atoms with Crippen LogP contribution < -0.4 is 5.56 Å². The molecule has 0 N–H and O–H groups in total. The molecule has 106 valence electrons. The van der Waals surface area contributed by atoms with Gasteiger partial charge in [-0.15, -0.1) is 0 Å². The topological polar surface area (TPSA) is 64.4 Å². The first kappa shape index (κ1) is 14.2. The minimum atomic E-state index is -0.391. The van der Waals surface area contributed by atoms with E-state index in [1.54, 1.807) is 24.3 Å². The summed E-state index contributed by atoms with van der Waals surface area (Å²) in [6, 6.07) is 6.81. The highest BCUT2D eigenvalue weighted by molar-refractivity contribution is 6.04. The third-order valence-electron chi connectivity index (χ3n) is 3.08. The Kier molecular flexibility index (Phi) is 3.85. The van der Waals surface area contributed by atoms with Crippen LogP contribution in [0.15, 0.2) is 29.1 Å². The summed E-state index contributed by atoms with van der Waals surface area (Å²) in [4.78, 5) is 29.5. The van der Waals surface area contributed by atoms with E-state index in [2.05, 4.69) is 5.10 Å². The minimum absolute atomic E-state index is 0.133. The van der Waals surface area contributed by atoms with E-state index in [0.29, 0.717) is 10.8 Å². The van der Waals surface area contributed by atoms with Gasteiger partial charge in [-0.3, -0.25) is 14.4 Å². The lowest BCUT2D eigenvalue weighted by atomic mass is 10.1. The van der Waals surface area contributed by atoms with Gasteiger partial charge in [0.1, 0.15) is 0 Å². The second kappa shape index (κ2) is 5.42. The van der Waals surface area contributed by atoms with Crippen molar-refractivity contribution in [3.8, 4) is 0 Å². The van der Waals surface area contributed by atoms with Crippen LogP contribution in [0.4, 0.5) is 0 Å². The Morgan fingerprint density at radius 3 is 2.45 bits per heavy atom. The van der Waals surface area contributed by atoms with E-state index < -0.39 is 5.91 Å². The van der Waals surface area contributed by atoms with E-state index in [9.17, 15) is 9.59 Å². The molecular formula is C14H17N3O3. The van der Waals surface area contributed by atoms with Crippen LogP contribution in [0.25, 0.3) is 10.8 Å². The molecule has 1 aromatic heterocycles. The second-order valence-electron chi connectivity index (χ2n) is 4.72. The Labute approximate surface area is 116 Å². The van der Waals surface area contributed by atoms with Crippen LogP contribution in [0.5, 0.6) is 0 Å². The average molecular weight is 275 g/mol. The Hall–Kier alpha value is -2.21. The lowest BCUT2D eigenvalue weighted by Gasteiger charge is -2.17. The Morgan fingerprint density at radius 1 is 1.30 bits per heavy atom. The molecule has 0 aliphatic heterocycles. The summed E-state index contributed by atoms with van der Waals surface area (Å²) in [5.41, 5.74) is 0.00506. The Morgan fingerprint density at radius 2 is 1.90 bits per heavy atom. The standard InChI is InChI=1S/C14H17N3O3/c1-9(2)17-13(18)11-8-6-5-7-10(11)12(15-17)14(19)16(3)20-4/h5-9H,1-4H3. The number of carbonyl (C=O) groups excluding carboxylic acids is 1. The van der Waals surface area contributed by atoms with Crippen LogP contribution in [-0.4, -0.2) is 34.9 Å². The molecule has 0 radical (unpaired) electrons. The first-order valence-corrected chi connectivity index (χ1v) is 6.31. The van der Waals surface area contributed by atoms with Crippen molar-refractivity contribution in [2.24, 2.45) is 0 Å². The van der Waals surface area contributed by atoms with Crippen molar-refractivity contribution in [1.82, 2.24) is 14.8 Å². The van der Waals surface area contributed by atoms with Crippen LogP contribution in [0.3, 0.4) is 0 Å². The van der Waals surface area contributed by atoms with Gasteiger partial charge in [0.2, 0.25) is 0 Å². The van der Waals surface area contributed by atoms with Crippen LogP contribution in [0.1, 0.15) is 30.4 Å². The van der Waals surface area contributed by atoms with Crippen molar-refractivity contribution in [3.05, 3.63) is 40.3 Å². The first-order chi connectivity index (χ1) is 9.47. The molecular weight excluding hydrogens is 258 g/mol. The summed E-state index contributed by atoms with van der Waals surface area (Å²) in [6.45, 7) is 3.69. The summed E-state index contributed by atoms with van der Waals surface area (Å²) >= 11 is 0. The summed E-state index contributed by atoms with van der Waals surface area (Å²) in [5.74, 6) is -0.391. The van der Waals surface area contributed by atoms with Gasteiger partial charge in [-0.1, -0.05) is 18.2 Å². The fraction of sp³-hybridized carbons (Fsp3) is 0.357. The summed E-state index contributed by atoms with van der Waals surface area (Å²) < 4.78 is 1.32. The molecule has 0 saturated heterocycles. The number of aromatic nitrogens is 2. The number of hydrogen-bond acceptors (Lipinski definition) is 4. The van der Waals surface area contributed by atoms with Crippen LogP contribution in [-0.2, 0) is 4.84 Å². The van der Waals surface area contributed by atoms with Crippen molar-refractivity contribution in [1.29, 1.82) is 0 Å². The van der Waals surface area contributed by atoms with Gasteiger partial charge < -0.3 is 0 Å². The van der Waals surface area contributed by atoms with Crippen molar-refractivity contribution in [3.63, 3.8) is 0 Å². The van der Waals surface area contributed by atoms with Crippen LogP contribution >= 0.6 is 0 Å². The van der Waals surface area contributed by atoms with E-state index >= 15 is 0 Å². The van der Waals surface area contributed by atoms with Gasteiger partial charge in [0, 0.05) is 12.4 Å². The van der Waals surface area contributed by atoms with Crippen LogP contribution in [0.2, 0.25) is 0 Å². The molecule has 0 saturated carbocycles. The average Bonchev–Trinajstić information content (AvgIpc) is 2.46. The van der Waals surface area contributed by atoms with E-state index in [1.807, 2.05) is 13.8 Å². The van der Waals surface area contributed by atoms with Gasteiger partial charge in [0.05, 0.1) is 18.5 Å². The molecule has 1 amide bonds. The molecule has 0 aliphatic carbocycles. The molecule has 1 aromatic carbocycles. The molecule has 6 heteroatoms. The Bertz CT molecular complexity index is 706. The van der Waals surface area contributed by atoms with Gasteiger partial charge >= 0.3 is 0 Å². The normalized spacial score (nSPS) is 11.1. The highest BCUT2D eigenvalue weighted by atomic mass is 16.7. The minimum Gasteiger partial charge on any atom is -0.274 e. The maximum Gasteiger partial charge on any atom is 0.298 e. The predicted molar refractivity (Wildman–Crippen MR) is 75.5 cm³/mol. The number of hydrogen-bond donors (Lipinski definition) is 0. The molecule has 20 heavy (non-hydrogen) atoms. The largest absolute Gasteiger partial charge is 0.298 e. The van der Waals surface area contributed by atoms with Gasteiger partial charge in [0.25, 0.3) is 11.5 Å². The van der Waals surface area contributed by atoms with Crippen molar-refractivity contribution in [2.45, 2.75) is 19.9 Å². The number of hydroxylamine groups is 2. The van der Waals surface area contributed by atoms with E-state index in [1.165, 1.54) is 18.8 Å². The smallest absolute Gasteiger partial charge is 0.274 e. The molecule has 0 unspecified atom stereocenters. The highest BCUT2D eigenvalue weighted by Crippen LogP contribution is 2.16. The molecule has 2 aromatic rings. The molecule has 2 rings (SSSR count). The SMILES string of the molecule is CON(C)C(=O)c1nn(C(C)C)c(=O)c2ccccc12. The maximum atomic E-state index is 12.3. The molecule has 0 bridgehead atoms. The number of nitrogens with zero attached hydrogens (tertiary/aromatic N) is 3. The Balaban J connectivity index is 2.80. The molecule has 6 nitrogen and oxygen atoms in total. The van der Waals surface area contributed by atoms with Gasteiger partial charge in [-0.25, -0.2) is 9.75 Å². The van der Waals surface area contributed by atoms with Gasteiger partial charge in [-0.05, 0) is 19.9 Å². The number of benzene rings is 1. The quantitative estimate of drug-likeness (QED) is 0.798. The molecule has 0 spiro atoms. The van der Waals surface area contributed by atoms with E-state index in [0.717, 1.165) is 5.06 Å². The number of amides is 1. The third-order valence-corrected chi connectivity index (χ3v) is 3.08. The van der Waals surface area contributed by atoms with Crippen molar-refractivity contribution in [2.75, 3.05) is 14.2 Å². The second-order valence-corrected chi connectivity index (χ2v) is 4.72. The van der Waals surface area contributed by atoms with Gasteiger partial charge in [-0.2, -0.15) is 5.10 Å². The lowest BCUT2D eigenvalue weighted by Crippen LogP contribution is -2.32. The number of carbonyl (C=O) groups is 1. The number of rotatable bonds is 3. The van der Waals surface area contributed by atoms with E-state index in [4.69, 9.17) is 4.84 Å². The summed E-state index contributed by atoms with van der Waals surface area (Å²) in [7, 11) is 2.90. The molecule has 0 atom stereocenters. The fourth-order valence-electron chi connectivity index (χ4n) is 1.95. The maximum absolute atomic E-state index is 12.3. The monoisotopic (exact) mass is 275 g/mol. The van der Waals surface area contributed by atoms with Gasteiger partial charge in [0.15, 0.2) is 5.69 Å². The highest BCUT2D eigenvalue weighted by Gasteiger charge is 2.20. The molecule has 1 heterocycles. The molecule has 0 aliphatic rings. The third kappa shape index (κ3) is 2.30. The van der Waals surface area contributed by atoms with Crippen molar-refractivity contribution < 1.29 is 9.63 Å². The number of fused-ring (bicyclic) bond motifs is 1. The fourth-order valence-corrected chi connectivity index (χ4v) is 1.95. The van der Waals surface area contributed by atoms with Crippen LogP contribution in [0, 0.1) is 0 Å². The lowest BCUT2D eigenvalue weighted by molar-refractivity contribution is -0.0760. The zero-order valence-electron chi connectivity index (χ0n) is 12.0. The summed E-state index contributed by atoms with van der Waals surface area (Å²) in [5, 5.41) is 6.30. The van der Waals surface area contributed by atoms with E-state index in [-0.39, 0.29) is 17.3 Å².